The maximum Gasteiger partial charge on any atom is 0.267 e. The summed E-state index contributed by atoms with van der Waals surface area (Å²) in [5.41, 5.74) is 2.35. The molecule has 0 aliphatic heterocycles. The number of aromatic nitrogens is 2. The molecule has 6 nitrogen and oxygen atoms in total. The highest BCUT2D eigenvalue weighted by Gasteiger charge is 2.08. The lowest BCUT2D eigenvalue weighted by molar-refractivity contribution is -0.121. The zero-order valence-electron chi connectivity index (χ0n) is 15.8. The number of carbonyl (C=O) groups excluding carboxylic acids is 1. The first kappa shape index (κ1) is 19.4. The van der Waals surface area contributed by atoms with Gasteiger partial charge in [-0.3, -0.25) is 9.59 Å². The highest BCUT2D eigenvalue weighted by atomic mass is 16.5. The van der Waals surface area contributed by atoms with E-state index < -0.39 is 0 Å². The third-order valence-electron chi connectivity index (χ3n) is 4.33. The molecule has 0 radical (unpaired) electrons. The Morgan fingerprint density at radius 2 is 1.89 bits per heavy atom. The van der Waals surface area contributed by atoms with Crippen LogP contribution < -0.4 is 15.6 Å². The van der Waals surface area contributed by atoms with Gasteiger partial charge in [0.15, 0.2) is 0 Å². The quantitative estimate of drug-likeness (QED) is 0.613. The molecule has 1 amide bonds. The summed E-state index contributed by atoms with van der Waals surface area (Å²) in [6.07, 6.45) is 1.73. The molecule has 0 atom stereocenters. The Balaban J connectivity index is 1.58. The third-order valence-corrected chi connectivity index (χ3v) is 4.33. The van der Waals surface area contributed by atoms with Gasteiger partial charge in [0, 0.05) is 18.2 Å². The summed E-state index contributed by atoms with van der Waals surface area (Å²) in [6.45, 7) is 0.444. The van der Waals surface area contributed by atoms with E-state index in [1.807, 2.05) is 42.5 Å². The van der Waals surface area contributed by atoms with Crippen LogP contribution in [0.1, 0.15) is 12.0 Å². The monoisotopic (exact) mass is 377 g/mol. The van der Waals surface area contributed by atoms with Gasteiger partial charge in [-0.15, -0.1) is 0 Å². The standard InChI is InChI=1S/C22H23N3O3/c1-28-19-11-5-10-18(15-19)20-12-13-22(27)25(24-20)16-21(26)23-14-6-9-17-7-3-2-4-8-17/h2-5,7-8,10-13,15H,6,9,14,16H2,1H3,(H,23,26). The molecule has 3 aromatic rings. The first-order valence-electron chi connectivity index (χ1n) is 9.19. The Morgan fingerprint density at radius 3 is 2.68 bits per heavy atom. The smallest absolute Gasteiger partial charge is 0.267 e. The lowest BCUT2D eigenvalue weighted by atomic mass is 10.1. The number of methoxy groups -OCH3 is 1. The largest absolute Gasteiger partial charge is 0.497 e. The molecule has 0 aliphatic carbocycles. The average molecular weight is 377 g/mol. The maximum atomic E-state index is 12.2. The van der Waals surface area contributed by atoms with Gasteiger partial charge in [-0.2, -0.15) is 5.10 Å². The van der Waals surface area contributed by atoms with Crippen LogP contribution in [0.4, 0.5) is 0 Å². The fourth-order valence-corrected chi connectivity index (χ4v) is 2.86. The molecule has 0 saturated carbocycles. The van der Waals surface area contributed by atoms with Crippen molar-refractivity contribution in [2.24, 2.45) is 0 Å². The maximum absolute atomic E-state index is 12.2. The zero-order valence-corrected chi connectivity index (χ0v) is 15.8. The van der Waals surface area contributed by atoms with E-state index >= 15 is 0 Å². The molecular weight excluding hydrogens is 354 g/mol. The normalized spacial score (nSPS) is 10.5. The van der Waals surface area contributed by atoms with Crippen LogP contribution in [0.15, 0.2) is 71.5 Å². The van der Waals surface area contributed by atoms with Crippen molar-refractivity contribution in [2.75, 3.05) is 13.7 Å². The van der Waals surface area contributed by atoms with Gasteiger partial charge in [-0.25, -0.2) is 4.68 Å². The molecule has 3 rings (SSSR count). The molecule has 6 heteroatoms. The summed E-state index contributed by atoms with van der Waals surface area (Å²) in [7, 11) is 1.59. The molecule has 1 N–H and O–H groups in total. The van der Waals surface area contributed by atoms with E-state index in [0.717, 1.165) is 18.4 Å². The second kappa shape index (κ2) is 9.50. The molecule has 2 aromatic carbocycles. The van der Waals surface area contributed by atoms with Gasteiger partial charge in [-0.05, 0) is 36.6 Å². The van der Waals surface area contributed by atoms with Crippen LogP contribution in [0.2, 0.25) is 0 Å². The summed E-state index contributed by atoms with van der Waals surface area (Å²) in [4.78, 5) is 24.3. The van der Waals surface area contributed by atoms with Crippen molar-refractivity contribution in [3.63, 3.8) is 0 Å². The Bertz CT molecular complexity index is 984. The first-order chi connectivity index (χ1) is 13.7. The van der Waals surface area contributed by atoms with E-state index in [0.29, 0.717) is 18.0 Å². The van der Waals surface area contributed by atoms with E-state index in [9.17, 15) is 9.59 Å². The van der Waals surface area contributed by atoms with Crippen molar-refractivity contribution in [1.82, 2.24) is 15.1 Å². The Hall–Kier alpha value is -3.41. The van der Waals surface area contributed by atoms with Gasteiger partial charge in [-0.1, -0.05) is 42.5 Å². The summed E-state index contributed by atoms with van der Waals surface area (Å²) in [5.74, 6) is 0.471. The minimum atomic E-state index is -0.314. The Kier molecular flexibility index (Phi) is 6.57. The molecule has 0 unspecified atom stereocenters. The molecule has 28 heavy (non-hydrogen) atoms. The second-order valence-electron chi connectivity index (χ2n) is 6.39. The number of aryl methyl sites for hydroxylation is 1. The van der Waals surface area contributed by atoms with Gasteiger partial charge in [0.1, 0.15) is 12.3 Å². The zero-order chi connectivity index (χ0) is 19.8. The van der Waals surface area contributed by atoms with Gasteiger partial charge < -0.3 is 10.1 Å². The number of ether oxygens (including phenoxy) is 1. The molecule has 0 fully saturated rings. The second-order valence-corrected chi connectivity index (χ2v) is 6.39. The van der Waals surface area contributed by atoms with Crippen LogP contribution in [0.25, 0.3) is 11.3 Å². The lowest BCUT2D eigenvalue weighted by Crippen LogP contribution is -2.34. The average Bonchev–Trinajstić information content (AvgIpc) is 2.73. The van der Waals surface area contributed by atoms with E-state index in [2.05, 4.69) is 22.5 Å². The summed E-state index contributed by atoms with van der Waals surface area (Å²) >= 11 is 0. The molecular formula is C22H23N3O3. The van der Waals surface area contributed by atoms with Crippen molar-refractivity contribution in [2.45, 2.75) is 19.4 Å². The van der Waals surface area contributed by atoms with Crippen molar-refractivity contribution in [3.05, 3.63) is 82.6 Å². The van der Waals surface area contributed by atoms with Crippen LogP contribution in [-0.4, -0.2) is 29.3 Å². The predicted molar refractivity (Wildman–Crippen MR) is 108 cm³/mol. The molecule has 1 heterocycles. The minimum Gasteiger partial charge on any atom is -0.497 e. The topological polar surface area (TPSA) is 73.2 Å². The van der Waals surface area contributed by atoms with Crippen LogP contribution in [0.5, 0.6) is 5.75 Å². The van der Waals surface area contributed by atoms with E-state index in [1.165, 1.54) is 16.3 Å². The molecule has 144 valence electrons. The molecule has 0 saturated heterocycles. The van der Waals surface area contributed by atoms with Crippen LogP contribution in [-0.2, 0) is 17.8 Å². The van der Waals surface area contributed by atoms with Crippen LogP contribution in [0.3, 0.4) is 0 Å². The fraction of sp³-hybridized carbons (Fsp3) is 0.227. The van der Waals surface area contributed by atoms with Gasteiger partial charge in [0.05, 0.1) is 12.8 Å². The van der Waals surface area contributed by atoms with Crippen molar-refractivity contribution in [3.8, 4) is 17.0 Å². The number of benzene rings is 2. The molecule has 0 aliphatic rings. The van der Waals surface area contributed by atoms with Crippen LogP contribution in [0, 0.1) is 0 Å². The van der Waals surface area contributed by atoms with E-state index in [4.69, 9.17) is 4.74 Å². The number of nitrogens with zero attached hydrogens (tertiary/aromatic N) is 2. The van der Waals surface area contributed by atoms with Crippen LogP contribution >= 0.6 is 0 Å². The Morgan fingerprint density at radius 1 is 1.07 bits per heavy atom. The summed E-state index contributed by atoms with van der Waals surface area (Å²) < 4.78 is 6.40. The minimum absolute atomic E-state index is 0.109. The van der Waals surface area contributed by atoms with E-state index in [1.54, 1.807) is 13.2 Å². The number of hydrogen-bond acceptors (Lipinski definition) is 4. The highest BCUT2D eigenvalue weighted by molar-refractivity contribution is 5.75. The number of amides is 1. The number of nitrogens with one attached hydrogen (secondary N) is 1. The van der Waals surface area contributed by atoms with Crippen molar-refractivity contribution < 1.29 is 9.53 Å². The van der Waals surface area contributed by atoms with Crippen molar-refractivity contribution in [1.29, 1.82) is 0 Å². The Labute approximate surface area is 163 Å². The molecule has 0 spiro atoms. The highest BCUT2D eigenvalue weighted by Crippen LogP contribution is 2.21. The van der Waals surface area contributed by atoms with Gasteiger partial charge in [0.25, 0.3) is 5.56 Å². The number of rotatable bonds is 8. The summed E-state index contributed by atoms with van der Waals surface area (Å²) in [6, 6.07) is 20.6. The molecule has 0 bridgehead atoms. The summed E-state index contributed by atoms with van der Waals surface area (Å²) in [5, 5.41) is 7.17. The number of carbonyl (C=O) groups is 1. The fourth-order valence-electron chi connectivity index (χ4n) is 2.86. The first-order valence-corrected chi connectivity index (χ1v) is 9.19. The van der Waals surface area contributed by atoms with Crippen molar-refractivity contribution >= 4 is 5.91 Å². The van der Waals surface area contributed by atoms with Gasteiger partial charge >= 0.3 is 0 Å². The third kappa shape index (κ3) is 5.30. The predicted octanol–water partition coefficient (Wildman–Crippen LogP) is 2.67. The van der Waals surface area contributed by atoms with E-state index in [-0.39, 0.29) is 18.0 Å². The number of hydrogen-bond donors (Lipinski definition) is 1. The SMILES string of the molecule is COc1cccc(-c2ccc(=O)n(CC(=O)NCCCc3ccccc3)n2)c1. The lowest BCUT2D eigenvalue weighted by Gasteiger charge is -2.09. The van der Waals surface area contributed by atoms with Gasteiger partial charge in [0.2, 0.25) is 5.91 Å². The molecule has 1 aromatic heterocycles.